The van der Waals surface area contributed by atoms with Crippen molar-refractivity contribution >= 4 is 25.2 Å². The van der Waals surface area contributed by atoms with E-state index in [4.69, 9.17) is 14.2 Å². The monoisotopic (exact) mass is 454 g/mol. The summed E-state index contributed by atoms with van der Waals surface area (Å²) >= 11 is 0. The van der Waals surface area contributed by atoms with Crippen molar-refractivity contribution in [1.82, 2.24) is 4.90 Å². The molecular formula is C24H45BNO6. The molecule has 0 N–H and O–H groups in total. The summed E-state index contributed by atoms with van der Waals surface area (Å²) in [4.78, 5) is 40.0. The fourth-order valence-corrected chi connectivity index (χ4v) is 2.95. The zero-order valence-corrected chi connectivity index (χ0v) is 22.2. The lowest BCUT2D eigenvalue weighted by atomic mass is 9.46. The largest absolute Gasteiger partial charge is 0.469 e. The van der Waals surface area contributed by atoms with Gasteiger partial charge in [0.05, 0.1) is 17.9 Å². The van der Waals surface area contributed by atoms with E-state index in [0.717, 1.165) is 0 Å². The molecule has 7 nitrogen and oxygen atoms in total. The van der Waals surface area contributed by atoms with E-state index in [9.17, 15) is 14.4 Å². The van der Waals surface area contributed by atoms with Crippen LogP contribution in [0.4, 0.5) is 0 Å². The first kappa shape index (κ1) is 30.4. The Morgan fingerprint density at radius 3 is 1.88 bits per heavy atom. The van der Waals surface area contributed by atoms with Gasteiger partial charge in [0, 0.05) is 11.9 Å². The van der Waals surface area contributed by atoms with Crippen LogP contribution in [0.25, 0.3) is 0 Å². The van der Waals surface area contributed by atoms with Gasteiger partial charge in [0.15, 0.2) is 0 Å². The molecule has 0 heterocycles. The normalized spacial score (nSPS) is 16.0. The van der Waals surface area contributed by atoms with E-state index in [0.29, 0.717) is 38.7 Å². The van der Waals surface area contributed by atoms with Crippen molar-refractivity contribution in [1.29, 1.82) is 0 Å². The number of carbonyl (C=O) groups is 3. The van der Waals surface area contributed by atoms with E-state index in [2.05, 4.69) is 0 Å². The molecule has 0 amide bonds. The van der Waals surface area contributed by atoms with Gasteiger partial charge in [0.1, 0.15) is 19.5 Å². The molecule has 0 saturated carbocycles. The van der Waals surface area contributed by atoms with Crippen LogP contribution < -0.4 is 0 Å². The van der Waals surface area contributed by atoms with Gasteiger partial charge in [0.2, 0.25) is 0 Å². The van der Waals surface area contributed by atoms with Crippen LogP contribution >= 0.6 is 0 Å². The minimum Gasteiger partial charge on any atom is -0.469 e. The maximum atomic E-state index is 12.7. The lowest BCUT2D eigenvalue weighted by molar-refractivity contribution is -0.167. The number of carbonyl (C=O) groups excluding carboxylic acids is 3. The van der Waals surface area contributed by atoms with Gasteiger partial charge in [0.25, 0.3) is 0 Å². The second-order valence-corrected chi connectivity index (χ2v) is 11.1. The molecule has 0 aromatic heterocycles. The SMILES string of the molecule is CCC(C)([B]CC(C)(CCC(C)(C)C(=O)OC(C)(C)C)C(=O)OC)C(=O)OCCN(C)C. The third-order valence-corrected chi connectivity index (χ3v) is 5.91. The molecule has 0 rings (SSSR count). The third-order valence-electron chi connectivity index (χ3n) is 5.91. The summed E-state index contributed by atoms with van der Waals surface area (Å²) in [6.07, 6.45) is 1.74. The predicted molar refractivity (Wildman–Crippen MR) is 128 cm³/mol. The molecule has 0 bridgehead atoms. The van der Waals surface area contributed by atoms with Gasteiger partial charge in [-0.3, -0.25) is 14.4 Å². The van der Waals surface area contributed by atoms with Gasteiger partial charge in [-0.05, 0) is 74.9 Å². The fraction of sp³-hybridized carbons (Fsp3) is 0.875. The average Bonchev–Trinajstić information content (AvgIpc) is 2.68. The summed E-state index contributed by atoms with van der Waals surface area (Å²) in [5, 5.41) is -0.817. The average molecular weight is 454 g/mol. The zero-order valence-electron chi connectivity index (χ0n) is 22.2. The summed E-state index contributed by atoms with van der Waals surface area (Å²) in [6, 6.07) is 0. The number of nitrogens with zero attached hydrogens (tertiary/aromatic N) is 1. The number of hydrogen-bond acceptors (Lipinski definition) is 7. The van der Waals surface area contributed by atoms with Crippen LogP contribution in [0.3, 0.4) is 0 Å². The van der Waals surface area contributed by atoms with Crippen LogP contribution in [0, 0.1) is 10.8 Å². The van der Waals surface area contributed by atoms with E-state index in [1.54, 1.807) is 0 Å². The molecule has 185 valence electrons. The standard InChI is InChI=1S/C24H45BNO6/c1-12-24(8,20(29)31-16-15-26(9)10)25-17-23(7,19(28)30-11)14-13-22(5,6)18(27)32-21(2,3)4/h12-17H2,1-11H3. The van der Waals surface area contributed by atoms with E-state index >= 15 is 0 Å². The Kier molecular flexibility index (Phi) is 11.5. The van der Waals surface area contributed by atoms with Gasteiger partial charge in [-0.2, -0.15) is 0 Å². The summed E-state index contributed by atoms with van der Waals surface area (Å²) in [7, 11) is 7.05. The fourth-order valence-electron chi connectivity index (χ4n) is 2.95. The highest BCUT2D eigenvalue weighted by molar-refractivity contribution is 6.47. The second-order valence-electron chi connectivity index (χ2n) is 11.1. The Balaban J connectivity index is 5.32. The molecule has 8 heteroatoms. The molecule has 32 heavy (non-hydrogen) atoms. The first-order valence-corrected chi connectivity index (χ1v) is 11.4. The quantitative estimate of drug-likeness (QED) is 0.235. The minimum absolute atomic E-state index is 0.302. The number of esters is 3. The van der Waals surface area contributed by atoms with Crippen molar-refractivity contribution in [3.63, 3.8) is 0 Å². The third kappa shape index (κ3) is 9.93. The van der Waals surface area contributed by atoms with Crippen molar-refractivity contribution < 1.29 is 28.6 Å². The predicted octanol–water partition coefficient (Wildman–Crippen LogP) is 4.13. The zero-order chi connectivity index (χ0) is 25.4. The first-order valence-electron chi connectivity index (χ1n) is 11.4. The van der Waals surface area contributed by atoms with Gasteiger partial charge in [-0.25, -0.2) is 0 Å². The maximum absolute atomic E-state index is 12.7. The van der Waals surface area contributed by atoms with Gasteiger partial charge < -0.3 is 19.1 Å². The van der Waals surface area contributed by atoms with E-state index in [-0.39, 0.29) is 17.9 Å². The highest BCUT2D eigenvalue weighted by Crippen LogP contribution is 2.40. The smallest absolute Gasteiger partial charge is 0.312 e. The molecule has 1 radical (unpaired) electrons. The second kappa shape index (κ2) is 12.1. The molecular weight excluding hydrogens is 409 g/mol. The van der Waals surface area contributed by atoms with Gasteiger partial charge >= 0.3 is 17.9 Å². The van der Waals surface area contributed by atoms with E-state index in [1.807, 2.05) is 81.7 Å². The number of rotatable bonds is 13. The summed E-state index contributed by atoms with van der Waals surface area (Å²) in [5.41, 5.74) is -2.22. The van der Waals surface area contributed by atoms with Crippen molar-refractivity contribution in [2.24, 2.45) is 10.8 Å². The molecule has 2 unspecified atom stereocenters. The lowest BCUT2D eigenvalue weighted by Crippen LogP contribution is -2.39. The van der Waals surface area contributed by atoms with Crippen LogP contribution in [0.2, 0.25) is 11.6 Å². The van der Waals surface area contributed by atoms with Crippen LogP contribution in [0.5, 0.6) is 0 Å². The van der Waals surface area contributed by atoms with Crippen LogP contribution in [0.15, 0.2) is 0 Å². The lowest BCUT2D eigenvalue weighted by Gasteiger charge is -2.34. The van der Waals surface area contributed by atoms with Crippen molar-refractivity contribution in [2.45, 2.75) is 91.9 Å². The molecule has 0 spiro atoms. The van der Waals surface area contributed by atoms with Crippen LogP contribution in [0.1, 0.15) is 74.7 Å². The highest BCUT2D eigenvalue weighted by atomic mass is 16.6. The topological polar surface area (TPSA) is 82.1 Å². The Labute approximate surface area is 196 Å². The molecule has 0 aliphatic heterocycles. The van der Waals surface area contributed by atoms with Crippen LogP contribution in [-0.2, 0) is 28.6 Å². The van der Waals surface area contributed by atoms with Crippen molar-refractivity contribution in [3.05, 3.63) is 0 Å². The Hall–Kier alpha value is -1.57. The molecule has 0 aromatic rings. The Morgan fingerprint density at radius 1 is 0.875 bits per heavy atom. The number of methoxy groups -OCH3 is 1. The maximum Gasteiger partial charge on any atom is 0.312 e. The molecule has 0 aliphatic carbocycles. The summed E-state index contributed by atoms with van der Waals surface area (Å²) in [6.45, 7) is 15.7. The Bertz CT molecular complexity index is 643. The van der Waals surface area contributed by atoms with Crippen LogP contribution in [-0.4, -0.2) is 70.0 Å². The number of hydrogen-bond donors (Lipinski definition) is 0. The van der Waals surface area contributed by atoms with Gasteiger partial charge in [-0.15, -0.1) is 0 Å². The molecule has 0 saturated heterocycles. The molecule has 0 aliphatic rings. The summed E-state index contributed by atoms with van der Waals surface area (Å²) < 4.78 is 16.1. The van der Waals surface area contributed by atoms with E-state index < -0.39 is 21.7 Å². The molecule has 2 atom stereocenters. The van der Waals surface area contributed by atoms with Gasteiger partial charge in [-0.1, -0.05) is 20.2 Å². The minimum atomic E-state index is -0.881. The van der Waals surface area contributed by atoms with Crippen molar-refractivity contribution in [2.75, 3.05) is 34.4 Å². The van der Waals surface area contributed by atoms with E-state index in [1.165, 1.54) is 7.11 Å². The molecule has 0 aromatic carbocycles. The first-order chi connectivity index (χ1) is 14.4. The van der Waals surface area contributed by atoms with Crippen molar-refractivity contribution in [3.8, 4) is 0 Å². The molecule has 0 fully saturated rings. The number of likely N-dealkylation sites (N-methyl/N-ethyl adjacent to an activating group) is 1. The Morgan fingerprint density at radius 2 is 1.44 bits per heavy atom. The highest BCUT2D eigenvalue weighted by Gasteiger charge is 2.43. The summed E-state index contributed by atoms with van der Waals surface area (Å²) in [5.74, 6) is -0.972. The number of ether oxygens (including phenoxy) is 3.